The Hall–Kier alpha value is -2.01. The molecule has 120 valence electrons. The van der Waals surface area contributed by atoms with Crippen LogP contribution in [0.3, 0.4) is 0 Å². The van der Waals surface area contributed by atoms with E-state index >= 15 is 0 Å². The molecule has 2 N–H and O–H groups in total. The van der Waals surface area contributed by atoms with Gasteiger partial charge in [0.2, 0.25) is 0 Å². The molecule has 1 aromatic carbocycles. The van der Waals surface area contributed by atoms with Crippen LogP contribution < -0.4 is 5.32 Å². The van der Waals surface area contributed by atoms with Crippen molar-refractivity contribution >= 4 is 27.7 Å². The van der Waals surface area contributed by atoms with E-state index in [4.69, 9.17) is 5.41 Å². The topological polar surface area (TPSA) is 65.8 Å². The monoisotopic (exact) mass is 373 g/mol. The van der Waals surface area contributed by atoms with Crippen LogP contribution in [0.15, 0.2) is 53.3 Å². The van der Waals surface area contributed by atoms with E-state index < -0.39 is 5.41 Å². The van der Waals surface area contributed by atoms with Gasteiger partial charge in [-0.15, -0.1) is 0 Å². The van der Waals surface area contributed by atoms with Gasteiger partial charge in [-0.1, -0.05) is 41.9 Å². The van der Waals surface area contributed by atoms with Gasteiger partial charge in [-0.2, -0.15) is 0 Å². The van der Waals surface area contributed by atoms with Gasteiger partial charge in [-0.25, -0.2) is 0 Å². The van der Waals surface area contributed by atoms with Crippen LogP contribution in [0, 0.1) is 11.3 Å². The summed E-state index contributed by atoms with van der Waals surface area (Å²) in [6, 6.07) is 11.2. The van der Waals surface area contributed by atoms with Crippen LogP contribution >= 0.6 is 15.9 Å². The molecule has 0 saturated heterocycles. The average molecular weight is 374 g/mol. The fourth-order valence-electron chi connectivity index (χ4n) is 2.38. The summed E-state index contributed by atoms with van der Waals surface area (Å²) in [7, 11) is 0. The molecule has 23 heavy (non-hydrogen) atoms. The van der Waals surface area contributed by atoms with Gasteiger partial charge in [0.05, 0.1) is 11.0 Å². The minimum absolute atomic E-state index is 0.144. The summed E-state index contributed by atoms with van der Waals surface area (Å²) in [5, 5.41) is 11.2. The van der Waals surface area contributed by atoms with Crippen LogP contribution in [-0.4, -0.2) is 16.7 Å². The minimum atomic E-state index is -0.585. The number of carbonyl (C=O) groups is 1. The zero-order valence-electron chi connectivity index (χ0n) is 13.4. The lowest BCUT2D eigenvalue weighted by atomic mass is 9.72. The molecule has 0 radical (unpaired) electrons. The summed E-state index contributed by atoms with van der Waals surface area (Å²) in [6.45, 7) is 6.08. The maximum atomic E-state index is 12.3. The number of rotatable bonds is 4. The second kappa shape index (κ2) is 7.04. The lowest BCUT2D eigenvalue weighted by molar-refractivity contribution is 0.0973. The van der Waals surface area contributed by atoms with Crippen molar-refractivity contribution < 1.29 is 4.79 Å². The second-order valence-corrected chi connectivity index (χ2v) is 6.85. The Kier molecular flexibility index (Phi) is 5.31. The second-order valence-electron chi connectivity index (χ2n) is 5.93. The molecular weight excluding hydrogens is 354 g/mol. The van der Waals surface area contributed by atoms with Gasteiger partial charge in [0.15, 0.2) is 0 Å². The Morgan fingerprint density at radius 1 is 1.26 bits per heavy atom. The first-order chi connectivity index (χ1) is 10.9. The first kappa shape index (κ1) is 17.3. The number of aromatic nitrogens is 1. The normalized spacial score (nSPS) is 13.4. The lowest BCUT2D eigenvalue weighted by Crippen LogP contribution is -2.47. The molecule has 1 unspecified atom stereocenters. The number of nitrogens with zero attached hydrogens (tertiary/aromatic N) is 1. The van der Waals surface area contributed by atoms with Gasteiger partial charge in [0.25, 0.3) is 5.91 Å². The highest BCUT2D eigenvalue weighted by molar-refractivity contribution is 9.10. The third kappa shape index (κ3) is 3.67. The summed E-state index contributed by atoms with van der Waals surface area (Å²) < 4.78 is 0.985. The number of amides is 1. The molecule has 1 heterocycles. The molecule has 0 saturated carbocycles. The zero-order valence-corrected chi connectivity index (χ0v) is 15.0. The van der Waals surface area contributed by atoms with Gasteiger partial charge in [-0.05, 0) is 42.7 Å². The van der Waals surface area contributed by atoms with Crippen molar-refractivity contribution in [1.29, 1.82) is 5.41 Å². The van der Waals surface area contributed by atoms with Crippen molar-refractivity contribution in [2.45, 2.75) is 26.2 Å². The SMILES string of the molecule is CC(C)C(C)(C(=N)NC(=O)c1cccnc1)c1ccc(Br)cc1. The number of halogens is 1. The quantitative estimate of drug-likeness (QED) is 0.623. The van der Waals surface area contributed by atoms with Crippen molar-refractivity contribution in [2.75, 3.05) is 0 Å². The molecule has 5 heteroatoms. The molecule has 0 aliphatic rings. The molecule has 1 atom stereocenters. The van der Waals surface area contributed by atoms with E-state index in [-0.39, 0.29) is 17.7 Å². The number of nitrogens with one attached hydrogen (secondary N) is 2. The largest absolute Gasteiger partial charge is 0.310 e. The van der Waals surface area contributed by atoms with Crippen LogP contribution in [0.25, 0.3) is 0 Å². The fourth-order valence-corrected chi connectivity index (χ4v) is 2.64. The van der Waals surface area contributed by atoms with Crippen molar-refractivity contribution in [3.63, 3.8) is 0 Å². The number of benzene rings is 1. The number of hydrogen-bond acceptors (Lipinski definition) is 3. The van der Waals surface area contributed by atoms with Gasteiger partial charge >= 0.3 is 0 Å². The lowest BCUT2D eigenvalue weighted by Gasteiger charge is -2.35. The first-order valence-electron chi connectivity index (χ1n) is 7.42. The predicted molar refractivity (Wildman–Crippen MR) is 95.8 cm³/mol. The predicted octanol–water partition coefficient (Wildman–Crippen LogP) is 4.17. The Morgan fingerprint density at radius 3 is 2.43 bits per heavy atom. The fraction of sp³-hybridized carbons (Fsp3) is 0.278. The number of pyridine rings is 1. The molecule has 0 bridgehead atoms. The Morgan fingerprint density at radius 2 is 1.91 bits per heavy atom. The van der Waals surface area contributed by atoms with E-state index in [1.165, 1.54) is 6.20 Å². The average Bonchev–Trinajstić information content (AvgIpc) is 2.55. The molecule has 1 amide bonds. The van der Waals surface area contributed by atoms with Gasteiger partial charge < -0.3 is 5.32 Å². The molecule has 2 aromatic rings. The number of hydrogen-bond donors (Lipinski definition) is 2. The molecule has 0 fully saturated rings. The Labute approximate surface area is 145 Å². The van der Waals surface area contributed by atoms with E-state index in [0.29, 0.717) is 5.56 Å². The third-order valence-corrected chi connectivity index (χ3v) is 4.81. The smallest absolute Gasteiger partial charge is 0.258 e. The van der Waals surface area contributed by atoms with Crippen molar-refractivity contribution in [2.24, 2.45) is 5.92 Å². The highest BCUT2D eigenvalue weighted by Crippen LogP contribution is 2.33. The summed E-state index contributed by atoms with van der Waals surface area (Å²) in [6.07, 6.45) is 3.11. The highest BCUT2D eigenvalue weighted by atomic mass is 79.9. The van der Waals surface area contributed by atoms with Crippen LogP contribution in [0.5, 0.6) is 0 Å². The summed E-state index contributed by atoms with van der Waals surface area (Å²) in [4.78, 5) is 16.3. The van der Waals surface area contributed by atoms with Crippen LogP contribution in [0.2, 0.25) is 0 Å². The first-order valence-corrected chi connectivity index (χ1v) is 8.21. The number of amidine groups is 1. The summed E-state index contributed by atoms with van der Waals surface area (Å²) in [5.74, 6) is 0.0149. The minimum Gasteiger partial charge on any atom is -0.310 e. The van der Waals surface area contributed by atoms with Crippen LogP contribution in [0.4, 0.5) is 0 Å². The molecule has 1 aromatic heterocycles. The maximum Gasteiger partial charge on any atom is 0.258 e. The van der Waals surface area contributed by atoms with Crippen LogP contribution in [-0.2, 0) is 5.41 Å². The van der Waals surface area contributed by atoms with Crippen molar-refractivity contribution in [3.8, 4) is 0 Å². The third-order valence-electron chi connectivity index (χ3n) is 4.28. The van der Waals surface area contributed by atoms with Crippen molar-refractivity contribution in [3.05, 3.63) is 64.4 Å². The number of carbonyl (C=O) groups excluding carboxylic acids is 1. The van der Waals surface area contributed by atoms with E-state index in [2.05, 4.69) is 26.2 Å². The maximum absolute atomic E-state index is 12.3. The highest BCUT2D eigenvalue weighted by Gasteiger charge is 2.36. The molecule has 0 aliphatic heterocycles. The standard InChI is InChI=1S/C18H20BrN3O/c1-12(2)18(3,14-6-8-15(19)9-7-14)17(20)22-16(23)13-5-4-10-21-11-13/h4-12H,1-3H3,(H2,20,22,23). The molecule has 4 nitrogen and oxygen atoms in total. The zero-order chi connectivity index (χ0) is 17.0. The summed E-state index contributed by atoms with van der Waals surface area (Å²) >= 11 is 3.43. The molecule has 2 rings (SSSR count). The van der Waals surface area contributed by atoms with Gasteiger partial charge in [0, 0.05) is 16.9 Å². The summed E-state index contributed by atoms with van der Waals surface area (Å²) in [5.41, 5.74) is 0.852. The van der Waals surface area contributed by atoms with E-state index in [9.17, 15) is 4.79 Å². The molecule has 0 aliphatic carbocycles. The van der Waals surface area contributed by atoms with Gasteiger partial charge in [0.1, 0.15) is 5.84 Å². The van der Waals surface area contributed by atoms with E-state index in [1.54, 1.807) is 18.3 Å². The molecular formula is C18H20BrN3O. The van der Waals surface area contributed by atoms with Crippen molar-refractivity contribution in [1.82, 2.24) is 10.3 Å². The van der Waals surface area contributed by atoms with E-state index in [0.717, 1.165) is 10.0 Å². The Balaban J connectivity index is 2.28. The molecule has 0 spiro atoms. The van der Waals surface area contributed by atoms with Gasteiger partial charge in [-0.3, -0.25) is 15.2 Å². The van der Waals surface area contributed by atoms with E-state index in [1.807, 2.05) is 45.0 Å². The Bertz CT molecular complexity index is 698. The van der Waals surface area contributed by atoms with Crippen LogP contribution in [0.1, 0.15) is 36.7 Å².